The van der Waals surface area contributed by atoms with Crippen LogP contribution in [-0.2, 0) is 11.8 Å². The molecule has 0 amide bonds. The van der Waals surface area contributed by atoms with Gasteiger partial charge in [-0.05, 0) is 29.0 Å². The molecule has 0 radical (unpaired) electrons. The molecule has 0 fully saturated rings. The second-order valence-corrected chi connectivity index (χ2v) is 5.40. The SMILES string of the molecule is CC(C)(Cc1ccccc1)c1ccccc1C(=O)O. The van der Waals surface area contributed by atoms with Crippen LogP contribution in [-0.4, -0.2) is 11.1 Å². The van der Waals surface area contributed by atoms with Gasteiger partial charge in [-0.15, -0.1) is 0 Å². The fraction of sp³-hybridized carbons (Fsp3) is 0.235. The zero-order valence-corrected chi connectivity index (χ0v) is 11.3. The lowest BCUT2D eigenvalue weighted by molar-refractivity contribution is 0.0694. The van der Waals surface area contributed by atoms with Crippen molar-refractivity contribution in [2.75, 3.05) is 0 Å². The third-order valence-corrected chi connectivity index (χ3v) is 3.38. The van der Waals surface area contributed by atoms with Crippen LogP contribution in [0.5, 0.6) is 0 Å². The lowest BCUT2D eigenvalue weighted by Gasteiger charge is -2.27. The lowest BCUT2D eigenvalue weighted by atomic mass is 9.77. The first-order valence-corrected chi connectivity index (χ1v) is 6.37. The van der Waals surface area contributed by atoms with Crippen LogP contribution in [0.1, 0.15) is 35.3 Å². The van der Waals surface area contributed by atoms with Gasteiger partial charge in [0.1, 0.15) is 0 Å². The summed E-state index contributed by atoms with van der Waals surface area (Å²) in [5.41, 5.74) is 2.28. The van der Waals surface area contributed by atoms with Crippen molar-refractivity contribution in [2.45, 2.75) is 25.7 Å². The minimum atomic E-state index is -0.864. The monoisotopic (exact) mass is 254 g/mol. The number of rotatable bonds is 4. The molecule has 0 spiro atoms. The highest BCUT2D eigenvalue weighted by atomic mass is 16.4. The van der Waals surface area contributed by atoms with E-state index in [9.17, 15) is 9.90 Å². The molecule has 19 heavy (non-hydrogen) atoms. The van der Waals surface area contributed by atoms with E-state index in [0.717, 1.165) is 12.0 Å². The van der Waals surface area contributed by atoms with Crippen molar-refractivity contribution in [3.63, 3.8) is 0 Å². The van der Waals surface area contributed by atoms with Crippen LogP contribution >= 0.6 is 0 Å². The van der Waals surface area contributed by atoms with Gasteiger partial charge in [-0.3, -0.25) is 0 Å². The van der Waals surface area contributed by atoms with Gasteiger partial charge in [0.05, 0.1) is 5.56 Å². The van der Waals surface area contributed by atoms with Crippen LogP contribution in [0.25, 0.3) is 0 Å². The van der Waals surface area contributed by atoms with E-state index in [4.69, 9.17) is 0 Å². The standard InChI is InChI=1S/C17H18O2/c1-17(2,12-13-8-4-3-5-9-13)15-11-7-6-10-14(15)16(18)19/h3-11H,12H2,1-2H3,(H,18,19). The number of carbonyl (C=O) groups is 1. The van der Waals surface area contributed by atoms with Gasteiger partial charge in [0.25, 0.3) is 0 Å². The van der Waals surface area contributed by atoms with E-state index in [1.807, 2.05) is 30.3 Å². The van der Waals surface area contributed by atoms with Crippen LogP contribution in [0, 0.1) is 0 Å². The topological polar surface area (TPSA) is 37.3 Å². The van der Waals surface area contributed by atoms with Crippen molar-refractivity contribution in [1.29, 1.82) is 0 Å². The number of hydrogen-bond acceptors (Lipinski definition) is 1. The van der Waals surface area contributed by atoms with Gasteiger partial charge in [-0.25, -0.2) is 4.79 Å². The van der Waals surface area contributed by atoms with Crippen LogP contribution in [0.4, 0.5) is 0 Å². The van der Waals surface area contributed by atoms with Gasteiger partial charge < -0.3 is 5.11 Å². The van der Waals surface area contributed by atoms with E-state index in [-0.39, 0.29) is 5.41 Å². The van der Waals surface area contributed by atoms with Gasteiger partial charge in [-0.2, -0.15) is 0 Å². The average molecular weight is 254 g/mol. The summed E-state index contributed by atoms with van der Waals surface area (Å²) in [6.45, 7) is 4.17. The molecule has 0 aliphatic heterocycles. The molecule has 2 aromatic rings. The molecule has 1 N–H and O–H groups in total. The van der Waals surface area contributed by atoms with Crippen molar-refractivity contribution < 1.29 is 9.90 Å². The first-order valence-electron chi connectivity index (χ1n) is 6.37. The van der Waals surface area contributed by atoms with Gasteiger partial charge in [0, 0.05) is 0 Å². The minimum Gasteiger partial charge on any atom is -0.478 e. The molecule has 2 rings (SSSR count). The zero-order valence-electron chi connectivity index (χ0n) is 11.3. The lowest BCUT2D eigenvalue weighted by Crippen LogP contribution is -2.23. The smallest absolute Gasteiger partial charge is 0.335 e. The first-order chi connectivity index (χ1) is 9.00. The molecule has 0 unspecified atom stereocenters. The quantitative estimate of drug-likeness (QED) is 0.898. The number of carboxylic acids is 1. The summed E-state index contributed by atoms with van der Waals surface area (Å²) < 4.78 is 0. The maximum Gasteiger partial charge on any atom is 0.335 e. The predicted octanol–water partition coefficient (Wildman–Crippen LogP) is 3.91. The molecule has 0 aliphatic carbocycles. The number of aromatic carboxylic acids is 1. The molecule has 0 aromatic heterocycles. The van der Waals surface area contributed by atoms with E-state index in [0.29, 0.717) is 5.56 Å². The molecule has 0 bridgehead atoms. The highest BCUT2D eigenvalue weighted by Gasteiger charge is 2.25. The molecule has 0 atom stereocenters. The summed E-state index contributed by atoms with van der Waals surface area (Å²) >= 11 is 0. The zero-order chi connectivity index (χ0) is 13.9. The van der Waals surface area contributed by atoms with Crippen LogP contribution in [0.15, 0.2) is 54.6 Å². The van der Waals surface area contributed by atoms with Gasteiger partial charge >= 0.3 is 5.97 Å². The average Bonchev–Trinajstić information content (AvgIpc) is 2.39. The fourth-order valence-corrected chi connectivity index (χ4v) is 2.46. The van der Waals surface area contributed by atoms with E-state index >= 15 is 0 Å². The summed E-state index contributed by atoms with van der Waals surface area (Å²) in [5, 5.41) is 9.30. The normalized spacial score (nSPS) is 11.3. The molecule has 0 saturated carbocycles. The summed E-state index contributed by atoms with van der Waals surface area (Å²) in [4.78, 5) is 11.3. The Kier molecular flexibility index (Phi) is 3.70. The van der Waals surface area contributed by atoms with Crippen molar-refractivity contribution in [2.24, 2.45) is 0 Å². The second-order valence-electron chi connectivity index (χ2n) is 5.40. The Morgan fingerprint density at radius 3 is 2.21 bits per heavy atom. The van der Waals surface area contributed by atoms with Crippen LogP contribution < -0.4 is 0 Å². The highest BCUT2D eigenvalue weighted by molar-refractivity contribution is 5.89. The highest BCUT2D eigenvalue weighted by Crippen LogP contribution is 2.30. The van der Waals surface area contributed by atoms with E-state index in [1.165, 1.54) is 5.56 Å². The maximum absolute atomic E-state index is 11.3. The third-order valence-electron chi connectivity index (χ3n) is 3.38. The summed E-state index contributed by atoms with van der Waals surface area (Å²) in [6.07, 6.45) is 0.818. The predicted molar refractivity (Wildman–Crippen MR) is 76.6 cm³/mol. The summed E-state index contributed by atoms with van der Waals surface area (Å²) in [7, 11) is 0. The Morgan fingerprint density at radius 2 is 1.58 bits per heavy atom. The Hall–Kier alpha value is -2.09. The molecule has 98 valence electrons. The maximum atomic E-state index is 11.3. The largest absolute Gasteiger partial charge is 0.478 e. The van der Waals surface area contributed by atoms with E-state index < -0.39 is 5.97 Å². The summed E-state index contributed by atoms with van der Waals surface area (Å²) in [6, 6.07) is 17.4. The van der Waals surface area contributed by atoms with E-state index in [1.54, 1.807) is 12.1 Å². The third kappa shape index (κ3) is 3.02. The van der Waals surface area contributed by atoms with Crippen LogP contribution in [0.2, 0.25) is 0 Å². The Labute approximate surface area is 113 Å². The molecule has 0 saturated heterocycles. The Morgan fingerprint density at radius 1 is 1.00 bits per heavy atom. The number of carboxylic acid groups (broad SMARTS) is 1. The molecular formula is C17H18O2. The Balaban J connectivity index is 2.37. The second kappa shape index (κ2) is 5.27. The first kappa shape index (κ1) is 13.3. The molecule has 2 aromatic carbocycles. The molecule has 0 heterocycles. The molecule has 2 nitrogen and oxygen atoms in total. The summed E-state index contributed by atoms with van der Waals surface area (Å²) in [5.74, 6) is -0.864. The van der Waals surface area contributed by atoms with Gasteiger partial charge in [0.15, 0.2) is 0 Å². The van der Waals surface area contributed by atoms with E-state index in [2.05, 4.69) is 26.0 Å². The fourth-order valence-electron chi connectivity index (χ4n) is 2.46. The van der Waals surface area contributed by atoms with Crippen LogP contribution in [0.3, 0.4) is 0 Å². The molecule has 0 aliphatic rings. The minimum absolute atomic E-state index is 0.212. The molecular weight excluding hydrogens is 236 g/mol. The molecule has 2 heteroatoms. The Bertz CT molecular complexity index is 571. The van der Waals surface area contributed by atoms with Crippen molar-refractivity contribution in [3.8, 4) is 0 Å². The van der Waals surface area contributed by atoms with Crippen molar-refractivity contribution >= 4 is 5.97 Å². The van der Waals surface area contributed by atoms with Crippen molar-refractivity contribution in [3.05, 3.63) is 71.3 Å². The van der Waals surface area contributed by atoms with Gasteiger partial charge in [0.2, 0.25) is 0 Å². The van der Waals surface area contributed by atoms with Gasteiger partial charge in [-0.1, -0.05) is 62.4 Å². The number of benzene rings is 2. The number of hydrogen-bond donors (Lipinski definition) is 1. The van der Waals surface area contributed by atoms with Crippen molar-refractivity contribution in [1.82, 2.24) is 0 Å².